The fourth-order valence-electron chi connectivity index (χ4n) is 4.59. The summed E-state index contributed by atoms with van der Waals surface area (Å²) in [6, 6.07) is 6.35. The van der Waals surface area contributed by atoms with E-state index in [0.29, 0.717) is 19.8 Å². The van der Waals surface area contributed by atoms with E-state index in [-0.39, 0.29) is 12.0 Å². The lowest BCUT2D eigenvalue weighted by molar-refractivity contribution is 0.118. The summed E-state index contributed by atoms with van der Waals surface area (Å²) < 4.78 is 7.37. The summed E-state index contributed by atoms with van der Waals surface area (Å²) in [5.41, 5.74) is 3.39. The van der Waals surface area contributed by atoms with Gasteiger partial charge in [-0.2, -0.15) is 5.10 Å². The zero-order valence-electron chi connectivity index (χ0n) is 17.5. The standard InChI is InChI=1S/C22H28N6O2/c1-14-9-16-12-24-28(19(16)10-18(14)17-3-4-23-13-20(17)29)22-11-21(25-15(2)26-22)27-5-7-30-8-6-27/h9-12,17,20,23,29H,3-8,13H2,1-2H3/t17-,20+/m1/s1. The number of hydrogen-bond acceptors (Lipinski definition) is 7. The van der Waals surface area contributed by atoms with Crippen LogP contribution in [0.2, 0.25) is 0 Å². The molecule has 0 unspecified atom stereocenters. The van der Waals surface area contributed by atoms with Crippen molar-refractivity contribution >= 4 is 16.7 Å². The minimum Gasteiger partial charge on any atom is -0.391 e. The first kappa shape index (κ1) is 19.4. The van der Waals surface area contributed by atoms with Crippen molar-refractivity contribution in [3.05, 3.63) is 41.3 Å². The van der Waals surface area contributed by atoms with Gasteiger partial charge in [0.25, 0.3) is 0 Å². The first-order valence-corrected chi connectivity index (χ1v) is 10.7. The number of aliphatic hydroxyl groups excluding tert-OH is 1. The predicted octanol–water partition coefficient (Wildman–Crippen LogP) is 1.71. The van der Waals surface area contributed by atoms with E-state index in [4.69, 9.17) is 4.74 Å². The maximum atomic E-state index is 10.6. The highest BCUT2D eigenvalue weighted by molar-refractivity contribution is 5.82. The Labute approximate surface area is 175 Å². The number of rotatable bonds is 3. The maximum Gasteiger partial charge on any atom is 0.159 e. The Hall–Kier alpha value is -2.55. The molecule has 0 amide bonds. The minimum absolute atomic E-state index is 0.134. The van der Waals surface area contributed by atoms with Crippen molar-refractivity contribution in [3.8, 4) is 5.82 Å². The molecule has 4 heterocycles. The average molecular weight is 409 g/mol. The molecule has 0 spiro atoms. The second kappa shape index (κ2) is 7.94. The van der Waals surface area contributed by atoms with Crippen LogP contribution >= 0.6 is 0 Å². The van der Waals surface area contributed by atoms with Gasteiger partial charge >= 0.3 is 0 Å². The highest BCUT2D eigenvalue weighted by Crippen LogP contribution is 2.32. The molecule has 8 nitrogen and oxygen atoms in total. The summed E-state index contributed by atoms with van der Waals surface area (Å²) in [6.45, 7) is 8.67. The third-order valence-corrected chi connectivity index (χ3v) is 6.17. The number of β-amino-alcohol motifs (C(OH)–C–C–N with tert-alkyl or cyclic N) is 1. The Balaban J connectivity index is 1.58. The zero-order valence-corrected chi connectivity index (χ0v) is 17.5. The molecule has 2 aliphatic rings. The van der Waals surface area contributed by atoms with Crippen LogP contribution in [-0.4, -0.2) is 70.4 Å². The van der Waals surface area contributed by atoms with Crippen LogP contribution in [0.25, 0.3) is 16.7 Å². The molecule has 5 rings (SSSR count). The van der Waals surface area contributed by atoms with Gasteiger partial charge in [-0.1, -0.05) is 0 Å². The third kappa shape index (κ3) is 3.55. The maximum absolute atomic E-state index is 10.6. The summed E-state index contributed by atoms with van der Waals surface area (Å²) in [6.07, 6.45) is 2.44. The van der Waals surface area contributed by atoms with Gasteiger partial charge in [0.05, 0.1) is 31.0 Å². The van der Waals surface area contributed by atoms with E-state index in [2.05, 4.69) is 44.3 Å². The molecule has 8 heteroatoms. The van der Waals surface area contributed by atoms with Gasteiger partial charge in [-0.3, -0.25) is 0 Å². The Morgan fingerprint density at radius 1 is 1.10 bits per heavy atom. The molecular weight excluding hydrogens is 380 g/mol. The van der Waals surface area contributed by atoms with Crippen LogP contribution in [0.4, 0.5) is 5.82 Å². The molecule has 0 radical (unpaired) electrons. The summed E-state index contributed by atoms with van der Waals surface area (Å²) in [5.74, 6) is 2.53. The molecular formula is C22H28N6O2. The van der Waals surface area contributed by atoms with E-state index >= 15 is 0 Å². The number of aliphatic hydroxyl groups is 1. The fourth-order valence-corrected chi connectivity index (χ4v) is 4.59. The molecule has 2 N–H and O–H groups in total. The van der Waals surface area contributed by atoms with Crippen molar-refractivity contribution in [2.75, 3.05) is 44.3 Å². The van der Waals surface area contributed by atoms with Crippen molar-refractivity contribution in [1.82, 2.24) is 25.1 Å². The van der Waals surface area contributed by atoms with Crippen molar-refractivity contribution < 1.29 is 9.84 Å². The third-order valence-electron chi connectivity index (χ3n) is 6.17. The number of ether oxygens (including phenoxy) is 1. The number of fused-ring (bicyclic) bond motifs is 1. The molecule has 0 bridgehead atoms. The van der Waals surface area contributed by atoms with Crippen molar-refractivity contribution in [2.45, 2.75) is 32.3 Å². The summed E-state index contributed by atoms with van der Waals surface area (Å²) in [5, 5.41) is 19.5. The minimum atomic E-state index is -0.375. The van der Waals surface area contributed by atoms with Crippen molar-refractivity contribution in [3.63, 3.8) is 0 Å². The molecule has 3 aromatic rings. The molecule has 2 atom stereocenters. The first-order chi connectivity index (χ1) is 14.6. The highest BCUT2D eigenvalue weighted by Gasteiger charge is 2.26. The Morgan fingerprint density at radius 2 is 1.90 bits per heavy atom. The highest BCUT2D eigenvalue weighted by atomic mass is 16.5. The number of nitrogens with one attached hydrogen (secondary N) is 1. The molecule has 2 aromatic heterocycles. The van der Waals surface area contributed by atoms with Crippen LogP contribution in [-0.2, 0) is 4.74 Å². The number of anilines is 1. The van der Waals surface area contributed by atoms with Crippen LogP contribution in [0.15, 0.2) is 24.4 Å². The summed E-state index contributed by atoms with van der Waals surface area (Å²) >= 11 is 0. The van der Waals surface area contributed by atoms with Crippen LogP contribution in [0.3, 0.4) is 0 Å². The van der Waals surface area contributed by atoms with Gasteiger partial charge in [-0.05, 0) is 50.1 Å². The molecule has 0 saturated carbocycles. The smallest absolute Gasteiger partial charge is 0.159 e. The zero-order chi connectivity index (χ0) is 20.7. The van der Waals surface area contributed by atoms with Gasteiger partial charge in [0.2, 0.25) is 0 Å². The van der Waals surface area contributed by atoms with E-state index in [0.717, 1.165) is 54.4 Å². The number of aromatic nitrogens is 4. The van der Waals surface area contributed by atoms with Crippen molar-refractivity contribution in [1.29, 1.82) is 0 Å². The van der Waals surface area contributed by atoms with Crippen LogP contribution in [0, 0.1) is 13.8 Å². The largest absolute Gasteiger partial charge is 0.391 e. The normalized spacial score (nSPS) is 22.6. The SMILES string of the molecule is Cc1nc(N2CCOCC2)cc(-n2ncc3cc(C)c([C@H]4CCNC[C@@H]4O)cc32)n1. The molecule has 30 heavy (non-hydrogen) atoms. The van der Waals surface area contributed by atoms with Gasteiger partial charge < -0.3 is 20.1 Å². The number of morpholine rings is 1. The van der Waals surface area contributed by atoms with Crippen LogP contribution in [0.5, 0.6) is 0 Å². The average Bonchev–Trinajstić information content (AvgIpc) is 3.16. The van der Waals surface area contributed by atoms with Crippen molar-refractivity contribution in [2.24, 2.45) is 0 Å². The van der Waals surface area contributed by atoms with Gasteiger partial charge in [-0.15, -0.1) is 0 Å². The summed E-state index contributed by atoms with van der Waals surface area (Å²) in [4.78, 5) is 11.5. The van der Waals surface area contributed by atoms with Crippen LogP contribution in [0.1, 0.15) is 29.3 Å². The number of nitrogens with zero attached hydrogens (tertiary/aromatic N) is 5. The predicted molar refractivity (Wildman–Crippen MR) is 115 cm³/mol. The molecule has 2 aliphatic heterocycles. The lowest BCUT2D eigenvalue weighted by atomic mass is 9.85. The molecule has 2 saturated heterocycles. The molecule has 2 fully saturated rings. The number of piperidine rings is 1. The topological polar surface area (TPSA) is 88.3 Å². The van der Waals surface area contributed by atoms with Crippen LogP contribution < -0.4 is 10.2 Å². The van der Waals surface area contributed by atoms with E-state index < -0.39 is 0 Å². The summed E-state index contributed by atoms with van der Waals surface area (Å²) in [7, 11) is 0. The van der Waals surface area contributed by atoms with E-state index in [1.807, 2.05) is 23.9 Å². The van der Waals surface area contributed by atoms with Gasteiger partial charge in [0.1, 0.15) is 11.6 Å². The van der Waals surface area contributed by atoms with Gasteiger partial charge in [-0.25, -0.2) is 14.6 Å². The second-order valence-corrected chi connectivity index (χ2v) is 8.22. The molecule has 0 aliphatic carbocycles. The Kier molecular flexibility index (Phi) is 5.14. The number of hydrogen-bond donors (Lipinski definition) is 2. The number of aryl methyl sites for hydroxylation is 2. The fraction of sp³-hybridized carbons (Fsp3) is 0.500. The Bertz CT molecular complexity index is 1060. The Morgan fingerprint density at radius 3 is 2.70 bits per heavy atom. The number of benzene rings is 1. The van der Waals surface area contributed by atoms with E-state index in [9.17, 15) is 5.11 Å². The quantitative estimate of drug-likeness (QED) is 0.682. The lowest BCUT2D eigenvalue weighted by Gasteiger charge is -2.30. The van der Waals surface area contributed by atoms with Gasteiger partial charge in [0, 0.05) is 37.0 Å². The van der Waals surface area contributed by atoms with E-state index in [1.165, 1.54) is 11.1 Å². The van der Waals surface area contributed by atoms with Gasteiger partial charge in [0.15, 0.2) is 5.82 Å². The van der Waals surface area contributed by atoms with E-state index in [1.54, 1.807) is 0 Å². The molecule has 158 valence electrons. The second-order valence-electron chi connectivity index (χ2n) is 8.22. The first-order valence-electron chi connectivity index (χ1n) is 10.7. The molecule has 1 aromatic carbocycles. The lowest BCUT2D eigenvalue weighted by Crippen LogP contribution is -2.39. The monoisotopic (exact) mass is 408 g/mol.